The molecule has 1 aromatic carbocycles. The fourth-order valence-electron chi connectivity index (χ4n) is 3.45. The molecular weight excluding hydrogens is 308 g/mol. The lowest BCUT2D eigenvalue weighted by Crippen LogP contribution is -2.28. The van der Waals surface area contributed by atoms with E-state index in [4.69, 9.17) is 4.18 Å². The summed E-state index contributed by atoms with van der Waals surface area (Å²) in [5.41, 5.74) is 2.75. The number of hydrogen-bond donors (Lipinski definition) is 0. The van der Waals surface area contributed by atoms with Gasteiger partial charge in [0.2, 0.25) is 0 Å². The highest BCUT2D eigenvalue weighted by molar-refractivity contribution is 7.86. The van der Waals surface area contributed by atoms with Crippen LogP contribution in [0.4, 0.5) is 0 Å². The van der Waals surface area contributed by atoms with E-state index in [9.17, 15) is 8.42 Å². The molecule has 0 spiro atoms. The van der Waals surface area contributed by atoms with Crippen molar-refractivity contribution in [2.75, 3.05) is 6.61 Å². The molecule has 2 rings (SSSR count). The highest BCUT2D eigenvalue weighted by Gasteiger charge is 2.32. The third-order valence-corrected chi connectivity index (χ3v) is 6.26. The van der Waals surface area contributed by atoms with Gasteiger partial charge >= 0.3 is 0 Å². The Morgan fingerprint density at radius 3 is 2.43 bits per heavy atom. The molecule has 0 aliphatic heterocycles. The minimum atomic E-state index is -3.64. The zero-order chi connectivity index (χ0) is 17.1. The normalized spacial score (nSPS) is 21.0. The smallest absolute Gasteiger partial charge is 0.266 e. The van der Waals surface area contributed by atoms with Crippen LogP contribution in [0.1, 0.15) is 52.0 Å². The average Bonchev–Trinajstić information content (AvgIpc) is 2.46. The monoisotopic (exact) mass is 336 g/mol. The Labute approximate surface area is 140 Å². The predicted octanol–water partition coefficient (Wildman–Crippen LogP) is 4.86. The van der Waals surface area contributed by atoms with Crippen LogP contribution in [0.15, 0.2) is 40.8 Å². The molecule has 0 saturated carbocycles. The van der Waals surface area contributed by atoms with E-state index in [2.05, 4.69) is 26.8 Å². The minimum absolute atomic E-state index is 0.233. The van der Waals surface area contributed by atoms with Crippen LogP contribution in [0.3, 0.4) is 0 Å². The van der Waals surface area contributed by atoms with E-state index in [1.807, 2.05) is 6.92 Å². The zero-order valence-electron chi connectivity index (χ0n) is 14.6. The van der Waals surface area contributed by atoms with Gasteiger partial charge in [0, 0.05) is 0 Å². The predicted molar refractivity (Wildman–Crippen MR) is 93.8 cm³/mol. The van der Waals surface area contributed by atoms with Gasteiger partial charge in [-0.15, -0.1) is 0 Å². The number of rotatable bonds is 6. The van der Waals surface area contributed by atoms with Gasteiger partial charge in [0.15, 0.2) is 0 Å². The van der Waals surface area contributed by atoms with E-state index in [1.165, 1.54) is 12.0 Å². The fraction of sp³-hybridized carbons (Fsp3) is 0.579. The number of aryl methyl sites for hydroxylation is 1. The summed E-state index contributed by atoms with van der Waals surface area (Å²) in [7, 11) is -3.64. The van der Waals surface area contributed by atoms with Gasteiger partial charge in [-0.25, -0.2) is 0 Å². The van der Waals surface area contributed by atoms with Crippen molar-refractivity contribution in [3.8, 4) is 0 Å². The van der Waals surface area contributed by atoms with Crippen molar-refractivity contribution >= 4 is 10.1 Å². The number of hydrogen-bond acceptors (Lipinski definition) is 3. The summed E-state index contributed by atoms with van der Waals surface area (Å²) in [6.45, 7) is 8.97. The summed E-state index contributed by atoms with van der Waals surface area (Å²) in [5.74, 6) is 0.516. The summed E-state index contributed by atoms with van der Waals surface area (Å²) in [6.07, 6.45) is 6.38. The Hall–Kier alpha value is -1.13. The summed E-state index contributed by atoms with van der Waals surface area (Å²) in [4.78, 5) is 0.233. The molecular formula is C19H28O3S. The third-order valence-electron chi connectivity index (χ3n) is 4.93. The molecule has 0 heterocycles. The molecule has 0 amide bonds. The largest absolute Gasteiger partial charge is 0.296 e. The van der Waals surface area contributed by atoms with Crippen LogP contribution in [0.5, 0.6) is 0 Å². The Balaban J connectivity index is 1.88. The Morgan fingerprint density at radius 2 is 1.83 bits per heavy atom. The highest BCUT2D eigenvalue weighted by Crippen LogP contribution is 2.43. The van der Waals surface area contributed by atoms with Crippen molar-refractivity contribution in [1.82, 2.24) is 0 Å². The molecule has 1 unspecified atom stereocenters. The summed E-state index contributed by atoms with van der Waals surface area (Å²) in [6, 6.07) is 6.77. The maximum atomic E-state index is 12.2. The molecule has 4 heteroatoms. The first-order valence-corrected chi connectivity index (χ1v) is 9.76. The van der Waals surface area contributed by atoms with E-state index >= 15 is 0 Å². The van der Waals surface area contributed by atoms with Crippen LogP contribution in [-0.2, 0) is 14.3 Å². The van der Waals surface area contributed by atoms with Crippen molar-refractivity contribution in [1.29, 1.82) is 0 Å². The van der Waals surface area contributed by atoms with Crippen LogP contribution >= 0.6 is 0 Å². The first-order chi connectivity index (χ1) is 10.7. The fourth-order valence-corrected chi connectivity index (χ4v) is 4.39. The molecule has 0 N–H and O–H groups in total. The van der Waals surface area contributed by atoms with Crippen molar-refractivity contribution in [2.24, 2.45) is 11.3 Å². The Morgan fingerprint density at radius 1 is 1.17 bits per heavy atom. The molecule has 1 aliphatic rings. The van der Waals surface area contributed by atoms with Crippen LogP contribution < -0.4 is 0 Å². The van der Waals surface area contributed by atoms with Crippen LogP contribution in [0.25, 0.3) is 0 Å². The third kappa shape index (κ3) is 4.67. The van der Waals surface area contributed by atoms with Gasteiger partial charge in [0.25, 0.3) is 10.1 Å². The SMILES string of the molecule is CC1=CCCC(C)(C)C1CCCOS(=O)(=O)c1ccc(C)cc1. The second-order valence-electron chi connectivity index (χ2n) is 7.26. The Bertz CT molecular complexity index is 654. The van der Waals surface area contributed by atoms with E-state index < -0.39 is 10.1 Å². The minimum Gasteiger partial charge on any atom is -0.266 e. The summed E-state index contributed by atoms with van der Waals surface area (Å²) >= 11 is 0. The molecule has 1 atom stereocenters. The van der Waals surface area contributed by atoms with E-state index in [-0.39, 0.29) is 16.9 Å². The first-order valence-electron chi connectivity index (χ1n) is 8.35. The molecule has 0 fully saturated rings. The van der Waals surface area contributed by atoms with Gasteiger partial charge in [0.05, 0.1) is 11.5 Å². The zero-order valence-corrected chi connectivity index (χ0v) is 15.4. The van der Waals surface area contributed by atoms with Crippen LogP contribution in [-0.4, -0.2) is 15.0 Å². The topological polar surface area (TPSA) is 43.4 Å². The van der Waals surface area contributed by atoms with Gasteiger partial charge in [-0.05, 0) is 63.0 Å². The molecule has 0 radical (unpaired) electrons. The van der Waals surface area contributed by atoms with Gasteiger partial charge in [-0.2, -0.15) is 8.42 Å². The summed E-state index contributed by atoms with van der Waals surface area (Å²) < 4.78 is 29.5. The van der Waals surface area contributed by atoms with E-state index in [0.29, 0.717) is 5.92 Å². The first kappa shape index (κ1) is 18.2. The molecule has 3 nitrogen and oxygen atoms in total. The Kier molecular flexibility index (Phi) is 5.69. The van der Waals surface area contributed by atoms with Gasteiger partial charge in [0.1, 0.15) is 0 Å². The number of benzene rings is 1. The molecule has 1 aliphatic carbocycles. The van der Waals surface area contributed by atoms with Crippen molar-refractivity contribution in [3.05, 3.63) is 41.5 Å². The lowest BCUT2D eigenvalue weighted by atomic mass is 9.67. The van der Waals surface area contributed by atoms with E-state index in [1.54, 1.807) is 24.3 Å². The van der Waals surface area contributed by atoms with Crippen molar-refractivity contribution < 1.29 is 12.6 Å². The van der Waals surface area contributed by atoms with Crippen molar-refractivity contribution in [3.63, 3.8) is 0 Å². The molecule has 128 valence electrons. The molecule has 1 aromatic rings. The molecule has 0 saturated heterocycles. The maximum Gasteiger partial charge on any atom is 0.296 e. The average molecular weight is 336 g/mol. The van der Waals surface area contributed by atoms with Crippen molar-refractivity contribution in [2.45, 2.75) is 58.3 Å². The highest BCUT2D eigenvalue weighted by atomic mass is 32.2. The number of allylic oxidation sites excluding steroid dienone is 2. The second-order valence-corrected chi connectivity index (χ2v) is 8.87. The van der Waals surface area contributed by atoms with Crippen LogP contribution in [0, 0.1) is 18.3 Å². The van der Waals surface area contributed by atoms with Gasteiger partial charge in [-0.1, -0.05) is 43.2 Å². The van der Waals surface area contributed by atoms with Crippen LogP contribution in [0.2, 0.25) is 0 Å². The van der Waals surface area contributed by atoms with E-state index in [0.717, 1.165) is 24.8 Å². The quantitative estimate of drug-likeness (QED) is 0.423. The second kappa shape index (κ2) is 7.18. The maximum absolute atomic E-state index is 12.2. The molecule has 0 aromatic heterocycles. The lowest BCUT2D eigenvalue weighted by Gasteiger charge is -2.38. The summed E-state index contributed by atoms with van der Waals surface area (Å²) in [5, 5.41) is 0. The van der Waals surface area contributed by atoms with Gasteiger partial charge in [-0.3, -0.25) is 4.18 Å². The molecule has 0 bridgehead atoms. The lowest BCUT2D eigenvalue weighted by molar-refractivity contribution is 0.190. The molecule has 23 heavy (non-hydrogen) atoms. The standard InChI is InChI=1S/C19H28O3S/c1-15-9-11-17(12-10-15)23(20,21)22-14-6-8-18-16(2)7-5-13-19(18,3)4/h7,9-12,18H,5-6,8,13-14H2,1-4H3. The van der Waals surface area contributed by atoms with Gasteiger partial charge < -0.3 is 0 Å².